The lowest BCUT2D eigenvalue weighted by atomic mass is 10.0. The molecule has 1 aromatic rings. The third kappa shape index (κ3) is 4.13. The average molecular weight is 238 g/mol. The van der Waals surface area contributed by atoms with Gasteiger partial charge in [0.2, 0.25) is 0 Å². The van der Waals surface area contributed by atoms with Crippen molar-refractivity contribution in [2.24, 2.45) is 11.7 Å². The van der Waals surface area contributed by atoms with Crippen molar-refractivity contribution in [3.63, 3.8) is 0 Å². The number of hydrogen-bond donors (Lipinski definition) is 1. The number of nitrogens with two attached hydrogens (primary N) is 1. The van der Waals surface area contributed by atoms with Crippen LogP contribution in [0.25, 0.3) is 0 Å². The van der Waals surface area contributed by atoms with Gasteiger partial charge in [-0.3, -0.25) is 0 Å². The summed E-state index contributed by atoms with van der Waals surface area (Å²) in [5.41, 5.74) is 7.36. The van der Waals surface area contributed by atoms with Crippen LogP contribution in [0.1, 0.15) is 38.9 Å². The van der Waals surface area contributed by atoms with Crippen LogP contribution >= 0.6 is 0 Å². The maximum absolute atomic E-state index is 6.22. The molecule has 17 heavy (non-hydrogen) atoms. The number of imidazole rings is 1. The summed E-state index contributed by atoms with van der Waals surface area (Å²) in [5.74, 6) is 0.611. The van der Waals surface area contributed by atoms with E-state index < -0.39 is 0 Å². The van der Waals surface area contributed by atoms with Crippen LogP contribution in [0, 0.1) is 5.92 Å². The lowest BCUT2D eigenvalue weighted by molar-refractivity contribution is 0.279. The number of likely N-dealkylation sites (N-methyl/N-ethyl adjacent to an activating group) is 1. The molecule has 0 radical (unpaired) electrons. The van der Waals surface area contributed by atoms with Crippen LogP contribution in [-0.4, -0.2) is 34.6 Å². The summed E-state index contributed by atoms with van der Waals surface area (Å²) in [6.07, 6.45) is 4.78. The third-order valence-corrected chi connectivity index (χ3v) is 3.19. The fourth-order valence-electron chi connectivity index (χ4n) is 1.87. The van der Waals surface area contributed by atoms with E-state index in [0.717, 1.165) is 18.7 Å². The Balaban J connectivity index is 2.71. The highest BCUT2D eigenvalue weighted by atomic mass is 15.2. The van der Waals surface area contributed by atoms with Crippen LogP contribution in [0.3, 0.4) is 0 Å². The van der Waals surface area contributed by atoms with Crippen molar-refractivity contribution in [2.45, 2.75) is 45.8 Å². The molecule has 0 bridgehead atoms. The van der Waals surface area contributed by atoms with Crippen molar-refractivity contribution in [1.82, 2.24) is 14.5 Å². The molecule has 98 valence electrons. The minimum atomic E-state index is 0.0897. The van der Waals surface area contributed by atoms with E-state index in [-0.39, 0.29) is 6.04 Å². The Morgan fingerprint density at radius 3 is 2.53 bits per heavy atom. The molecule has 1 rings (SSSR count). The second-order valence-electron chi connectivity index (χ2n) is 5.52. The first kappa shape index (κ1) is 14.2. The van der Waals surface area contributed by atoms with E-state index >= 15 is 0 Å². The minimum Gasteiger partial charge on any atom is -0.332 e. The fraction of sp³-hybridized carbons (Fsp3) is 0.769. The standard InChI is InChI=1S/C13H26N4/c1-10(2)6-12(14)13-7-15-9-17(13)8-11(3)16(4)5/h7,9-12H,6,8,14H2,1-5H3. The molecule has 0 aromatic carbocycles. The predicted octanol–water partition coefficient (Wildman–Crippen LogP) is 1.88. The SMILES string of the molecule is CC(C)CC(N)c1cncn1CC(C)N(C)C. The van der Waals surface area contributed by atoms with Crippen LogP contribution in [0.4, 0.5) is 0 Å². The van der Waals surface area contributed by atoms with Gasteiger partial charge >= 0.3 is 0 Å². The molecule has 2 atom stereocenters. The molecule has 4 nitrogen and oxygen atoms in total. The molecule has 0 aliphatic heterocycles. The number of aromatic nitrogens is 2. The molecule has 2 unspecified atom stereocenters. The Bertz CT molecular complexity index is 330. The zero-order valence-corrected chi connectivity index (χ0v) is 11.7. The van der Waals surface area contributed by atoms with Gasteiger partial charge in [-0.15, -0.1) is 0 Å². The first-order valence-electron chi connectivity index (χ1n) is 6.33. The third-order valence-electron chi connectivity index (χ3n) is 3.19. The van der Waals surface area contributed by atoms with Gasteiger partial charge in [-0.25, -0.2) is 4.98 Å². The summed E-state index contributed by atoms with van der Waals surface area (Å²) in [7, 11) is 4.19. The molecule has 0 aliphatic rings. The summed E-state index contributed by atoms with van der Waals surface area (Å²) in [4.78, 5) is 6.43. The summed E-state index contributed by atoms with van der Waals surface area (Å²) >= 11 is 0. The largest absolute Gasteiger partial charge is 0.332 e. The van der Waals surface area contributed by atoms with E-state index in [0.29, 0.717) is 12.0 Å². The number of hydrogen-bond acceptors (Lipinski definition) is 3. The highest BCUT2D eigenvalue weighted by Gasteiger charge is 2.15. The topological polar surface area (TPSA) is 47.1 Å². The summed E-state index contributed by atoms with van der Waals surface area (Å²) in [5, 5.41) is 0. The highest BCUT2D eigenvalue weighted by molar-refractivity contribution is 5.05. The van der Waals surface area contributed by atoms with Gasteiger partial charge in [0.25, 0.3) is 0 Å². The molecular weight excluding hydrogens is 212 g/mol. The van der Waals surface area contributed by atoms with Gasteiger partial charge in [-0.1, -0.05) is 13.8 Å². The fourth-order valence-corrected chi connectivity index (χ4v) is 1.87. The van der Waals surface area contributed by atoms with Crippen molar-refractivity contribution < 1.29 is 0 Å². The van der Waals surface area contributed by atoms with Crippen molar-refractivity contribution in [2.75, 3.05) is 14.1 Å². The minimum absolute atomic E-state index is 0.0897. The molecule has 4 heteroatoms. The smallest absolute Gasteiger partial charge is 0.0949 e. The van der Waals surface area contributed by atoms with Gasteiger partial charge in [0.05, 0.1) is 12.0 Å². The van der Waals surface area contributed by atoms with Gasteiger partial charge in [0.1, 0.15) is 0 Å². The lowest BCUT2D eigenvalue weighted by Crippen LogP contribution is -2.30. The molecule has 1 aromatic heterocycles. The maximum atomic E-state index is 6.22. The van der Waals surface area contributed by atoms with Gasteiger partial charge < -0.3 is 15.2 Å². The molecule has 0 saturated carbocycles. The van der Waals surface area contributed by atoms with Gasteiger partial charge in [0.15, 0.2) is 0 Å². The van der Waals surface area contributed by atoms with Crippen LogP contribution < -0.4 is 5.73 Å². The molecule has 2 N–H and O–H groups in total. The first-order chi connectivity index (χ1) is 7.91. The Hall–Kier alpha value is -0.870. The van der Waals surface area contributed by atoms with Crippen molar-refractivity contribution in [1.29, 1.82) is 0 Å². The van der Waals surface area contributed by atoms with Crippen molar-refractivity contribution >= 4 is 0 Å². The molecule has 0 amide bonds. The van der Waals surface area contributed by atoms with Gasteiger partial charge in [-0.05, 0) is 33.4 Å². The molecule has 1 heterocycles. The second kappa shape index (κ2) is 6.17. The van der Waals surface area contributed by atoms with E-state index in [1.54, 1.807) is 0 Å². The maximum Gasteiger partial charge on any atom is 0.0949 e. The summed E-state index contributed by atoms with van der Waals surface area (Å²) < 4.78 is 2.18. The number of nitrogens with zero attached hydrogens (tertiary/aromatic N) is 3. The van der Waals surface area contributed by atoms with Crippen LogP contribution in [0.5, 0.6) is 0 Å². The van der Waals surface area contributed by atoms with E-state index in [4.69, 9.17) is 5.73 Å². The molecular formula is C13H26N4. The van der Waals surface area contributed by atoms with Crippen LogP contribution in [0.2, 0.25) is 0 Å². The van der Waals surface area contributed by atoms with Gasteiger partial charge in [0, 0.05) is 24.8 Å². The number of rotatable bonds is 6. The van der Waals surface area contributed by atoms with Crippen LogP contribution in [0.15, 0.2) is 12.5 Å². The van der Waals surface area contributed by atoms with Crippen molar-refractivity contribution in [3.05, 3.63) is 18.2 Å². The Labute approximate surface area is 105 Å². The summed E-state index contributed by atoms with van der Waals surface area (Å²) in [6.45, 7) is 7.54. The Morgan fingerprint density at radius 1 is 1.35 bits per heavy atom. The monoisotopic (exact) mass is 238 g/mol. The quantitative estimate of drug-likeness (QED) is 0.823. The molecule has 0 aliphatic carbocycles. The molecule has 0 saturated heterocycles. The summed E-state index contributed by atoms with van der Waals surface area (Å²) in [6, 6.07) is 0.570. The molecule has 0 fully saturated rings. The van der Waals surface area contributed by atoms with E-state index in [1.165, 1.54) is 0 Å². The first-order valence-corrected chi connectivity index (χ1v) is 6.33. The Morgan fingerprint density at radius 2 is 2.00 bits per heavy atom. The zero-order valence-electron chi connectivity index (χ0n) is 11.7. The molecule has 0 spiro atoms. The Kier molecular flexibility index (Phi) is 5.15. The second-order valence-corrected chi connectivity index (χ2v) is 5.52. The van der Waals surface area contributed by atoms with Crippen LogP contribution in [-0.2, 0) is 6.54 Å². The highest BCUT2D eigenvalue weighted by Crippen LogP contribution is 2.18. The lowest BCUT2D eigenvalue weighted by Gasteiger charge is -2.23. The predicted molar refractivity (Wildman–Crippen MR) is 71.8 cm³/mol. The van der Waals surface area contributed by atoms with E-state index in [9.17, 15) is 0 Å². The zero-order chi connectivity index (χ0) is 13.0. The van der Waals surface area contributed by atoms with E-state index in [1.807, 2.05) is 12.5 Å². The van der Waals surface area contributed by atoms with Gasteiger partial charge in [-0.2, -0.15) is 0 Å². The normalized spacial score (nSPS) is 15.5. The average Bonchev–Trinajstić information content (AvgIpc) is 2.64. The van der Waals surface area contributed by atoms with Crippen molar-refractivity contribution in [3.8, 4) is 0 Å². The van der Waals surface area contributed by atoms with E-state index in [2.05, 4.69) is 49.3 Å².